The van der Waals surface area contributed by atoms with E-state index < -0.39 is 0 Å². The molecule has 0 amide bonds. The van der Waals surface area contributed by atoms with Crippen LogP contribution in [0, 0.1) is 11.8 Å². The van der Waals surface area contributed by atoms with Gasteiger partial charge in [0.2, 0.25) is 0 Å². The minimum absolute atomic E-state index is 0.351. The Hall–Kier alpha value is -0.830. The molecular weight excluding hydrogens is 176 g/mol. The van der Waals surface area contributed by atoms with E-state index in [1.807, 2.05) is 25.2 Å². The van der Waals surface area contributed by atoms with Gasteiger partial charge in [-0.05, 0) is 31.3 Å². The van der Waals surface area contributed by atoms with Crippen LogP contribution in [0.4, 0.5) is 0 Å². The van der Waals surface area contributed by atoms with Crippen LogP contribution in [0.15, 0.2) is 11.8 Å². The molecule has 2 unspecified atom stereocenters. The zero-order valence-corrected chi connectivity index (χ0v) is 8.92. The molecule has 1 saturated carbocycles. The molecule has 2 aliphatic rings. The predicted octanol–water partition coefficient (Wildman–Crippen LogP) is 0.630. The van der Waals surface area contributed by atoms with Gasteiger partial charge in [0.05, 0.1) is 0 Å². The Morgan fingerprint density at radius 2 is 1.93 bits per heavy atom. The van der Waals surface area contributed by atoms with E-state index in [-0.39, 0.29) is 0 Å². The fourth-order valence-corrected chi connectivity index (χ4v) is 2.47. The van der Waals surface area contributed by atoms with Gasteiger partial charge >= 0.3 is 0 Å². The summed E-state index contributed by atoms with van der Waals surface area (Å²) in [5.41, 5.74) is 1.01. The van der Waals surface area contributed by atoms with E-state index in [0.29, 0.717) is 17.6 Å². The van der Waals surface area contributed by atoms with Crippen LogP contribution in [-0.4, -0.2) is 37.9 Å². The van der Waals surface area contributed by atoms with Gasteiger partial charge in [-0.1, -0.05) is 0 Å². The molecule has 0 bridgehead atoms. The summed E-state index contributed by atoms with van der Waals surface area (Å²) < 4.78 is 0. The summed E-state index contributed by atoms with van der Waals surface area (Å²) in [5.74, 6) is 1.64. The molecule has 1 heterocycles. The van der Waals surface area contributed by atoms with Crippen molar-refractivity contribution in [2.45, 2.75) is 12.8 Å². The van der Waals surface area contributed by atoms with E-state index in [0.717, 1.165) is 31.5 Å². The number of nitrogens with one attached hydrogen (secondary N) is 1. The second kappa shape index (κ2) is 3.73. The minimum Gasteiger partial charge on any atom is -0.383 e. The number of carbonyl (C=O) groups excluding carboxylic acids is 1. The largest absolute Gasteiger partial charge is 0.383 e. The maximum Gasteiger partial charge on any atom is 0.160 e. The van der Waals surface area contributed by atoms with Crippen LogP contribution in [0.1, 0.15) is 12.8 Å². The number of hydrogen-bond acceptors (Lipinski definition) is 3. The first-order valence-corrected chi connectivity index (χ1v) is 5.28. The Kier molecular flexibility index (Phi) is 2.59. The lowest BCUT2D eigenvalue weighted by Crippen LogP contribution is -2.26. The molecule has 0 aromatic carbocycles. The van der Waals surface area contributed by atoms with Gasteiger partial charge in [0.25, 0.3) is 0 Å². The fourth-order valence-electron chi connectivity index (χ4n) is 2.47. The van der Waals surface area contributed by atoms with Crippen molar-refractivity contribution in [2.75, 3.05) is 27.2 Å². The number of fused-ring (bicyclic) bond motifs is 1. The zero-order valence-electron chi connectivity index (χ0n) is 8.92. The SMILES string of the molecule is CN(C)/C=C1/CC2CNCC2CC1=O. The third-order valence-electron chi connectivity index (χ3n) is 3.18. The molecule has 1 aliphatic heterocycles. The molecule has 0 aromatic heterocycles. The quantitative estimate of drug-likeness (QED) is 0.621. The summed E-state index contributed by atoms with van der Waals surface area (Å²) in [5, 5.41) is 3.37. The van der Waals surface area contributed by atoms with Crippen LogP contribution in [-0.2, 0) is 4.79 Å². The van der Waals surface area contributed by atoms with Crippen molar-refractivity contribution >= 4 is 5.78 Å². The normalized spacial score (nSPS) is 34.7. The lowest BCUT2D eigenvalue weighted by atomic mass is 9.78. The number of allylic oxidation sites excluding steroid dienone is 1. The highest BCUT2D eigenvalue weighted by Gasteiger charge is 2.35. The Morgan fingerprint density at radius 3 is 2.57 bits per heavy atom. The topological polar surface area (TPSA) is 32.3 Å². The number of nitrogens with zero attached hydrogens (tertiary/aromatic N) is 1. The van der Waals surface area contributed by atoms with Gasteiger partial charge in [-0.25, -0.2) is 0 Å². The summed E-state index contributed by atoms with van der Waals surface area (Å²) in [6.07, 6.45) is 3.70. The maximum atomic E-state index is 11.7. The molecule has 2 rings (SSSR count). The van der Waals surface area contributed by atoms with Crippen molar-refractivity contribution < 1.29 is 4.79 Å². The lowest BCUT2D eigenvalue weighted by Gasteiger charge is -2.26. The van der Waals surface area contributed by atoms with E-state index in [1.54, 1.807) is 0 Å². The average Bonchev–Trinajstić information content (AvgIpc) is 2.51. The van der Waals surface area contributed by atoms with Gasteiger partial charge in [-0.2, -0.15) is 0 Å². The Labute approximate surface area is 85.2 Å². The van der Waals surface area contributed by atoms with Gasteiger partial charge in [-0.3, -0.25) is 4.79 Å². The second-order valence-corrected chi connectivity index (χ2v) is 4.63. The number of Topliss-reactive ketones (excluding diaryl/α,β-unsaturated/α-hetero) is 1. The molecule has 3 heteroatoms. The summed E-state index contributed by atoms with van der Waals surface area (Å²) in [6.45, 7) is 2.12. The summed E-state index contributed by atoms with van der Waals surface area (Å²) in [4.78, 5) is 13.7. The second-order valence-electron chi connectivity index (χ2n) is 4.63. The summed E-state index contributed by atoms with van der Waals surface area (Å²) in [6, 6.07) is 0. The van der Waals surface area contributed by atoms with Gasteiger partial charge < -0.3 is 10.2 Å². The van der Waals surface area contributed by atoms with Gasteiger partial charge in [-0.15, -0.1) is 0 Å². The third kappa shape index (κ3) is 1.82. The van der Waals surface area contributed by atoms with Gasteiger partial charge in [0, 0.05) is 32.3 Å². The van der Waals surface area contributed by atoms with E-state index in [1.165, 1.54) is 0 Å². The smallest absolute Gasteiger partial charge is 0.160 e. The number of ketones is 1. The van der Waals surface area contributed by atoms with Gasteiger partial charge in [0.15, 0.2) is 5.78 Å². The number of carbonyl (C=O) groups is 1. The van der Waals surface area contributed by atoms with Crippen molar-refractivity contribution in [3.05, 3.63) is 11.8 Å². The summed E-state index contributed by atoms with van der Waals surface area (Å²) in [7, 11) is 3.94. The Balaban J connectivity index is 2.10. The molecule has 0 aromatic rings. The first-order chi connectivity index (χ1) is 6.66. The Bertz CT molecular complexity index is 270. The highest BCUT2D eigenvalue weighted by Crippen LogP contribution is 2.33. The van der Waals surface area contributed by atoms with Crippen LogP contribution in [0.2, 0.25) is 0 Å². The van der Waals surface area contributed by atoms with Crippen molar-refractivity contribution in [1.82, 2.24) is 10.2 Å². The van der Waals surface area contributed by atoms with E-state index in [2.05, 4.69) is 5.32 Å². The van der Waals surface area contributed by atoms with E-state index in [9.17, 15) is 4.79 Å². The average molecular weight is 194 g/mol. The first-order valence-electron chi connectivity index (χ1n) is 5.28. The van der Waals surface area contributed by atoms with Crippen molar-refractivity contribution in [3.8, 4) is 0 Å². The molecule has 0 radical (unpaired) electrons. The molecule has 0 spiro atoms. The molecular formula is C11H18N2O. The van der Waals surface area contributed by atoms with Crippen LogP contribution < -0.4 is 5.32 Å². The minimum atomic E-state index is 0.351. The van der Waals surface area contributed by atoms with Crippen molar-refractivity contribution in [1.29, 1.82) is 0 Å². The molecule has 2 fully saturated rings. The third-order valence-corrected chi connectivity index (χ3v) is 3.18. The van der Waals surface area contributed by atoms with Crippen LogP contribution in [0.3, 0.4) is 0 Å². The molecule has 78 valence electrons. The van der Waals surface area contributed by atoms with E-state index in [4.69, 9.17) is 0 Å². The van der Waals surface area contributed by atoms with Crippen LogP contribution >= 0.6 is 0 Å². The van der Waals surface area contributed by atoms with Crippen molar-refractivity contribution in [3.63, 3.8) is 0 Å². The summed E-state index contributed by atoms with van der Waals surface area (Å²) >= 11 is 0. The Morgan fingerprint density at radius 1 is 1.29 bits per heavy atom. The molecule has 1 saturated heterocycles. The number of rotatable bonds is 1. The van der Waals surface area contributed by atoms with E-state index >= 15 is 0 Å². The zero-order chi connectivity index (χ0) is 10.1. The molecule has 14 heavy (non-hydrogen) atoms. The number of hydrogen-bond donors (Lipinski definition) is 1. The molecule has 2 atom stereocenters. The van der Waals surface area contributed by atoms with Crippen LogP contribution in [0.5, 0.6) is 0 Å². The van der Waals surface area contributed by atoms with Crippen molar-refractivity contribution in [2.24, 2.45) is 11.8 Å². The first kappa shape index (κ1) is 9.71. The predicted molar refractivity (Wildman–Crippen MR) is 55.9 cm³/mol. The molecule has 3 nitrogen and oxygen atoms in total. The molecule has 1 N–H and O–H groups in total. The van der Waals surface area contributed by atoms with Gasteiger partial charge in [0.1, 0.15) is 0 Å². The monoisotopic (exact) mass is 194 g/mol. The lowest BCUT2D eigenvalue weighted by molar-refractivity contribution is -0.118. The standard InChI is InChI=1S/C11H18N2O/c1-13(2)7-10-3-8-5-12-6-9(8)4-11(10)14/h7-9,12H,3-6H2,1-2H3/b10-7-. The highest BCUT2D eigenvalue weighted by atomic mass is 16.1. The van der Waals surface area contributed by atoms with Crippen LogP contribution in [0.25, 0.3) is 0 Å². The fraction of sp³-hybridized carbons (Fsp3) is 0.727. The molecule has 1 aliphatic carbocycles. The highest BCUT2D eigenvalue weighted by molar-refractivity contribution is 5.96. The maximum absolute atomic E-state index is 11.7.